The van der Waals surface area contributed by atoms with Crippen molar-refractivity contribution < 1.29 is 4.74 Å². The maximum Gasteiger partial charge on any atom is 0.0507 e. The average molecular weight is 283 g/mol. The Morgan fingerprint density at radius 1 is 1.53 bits per heavy atom. The Hall–Kier alpha value is -0.770. The van der Waals surface area contributed by atoms with Crippen LogP contribution in [0.15, 0.2) is 18.2 Å². The van der Waals surface area contributed by atoms with Gasteiger partial charge in [0.25, 0.3) is 0 Å². The van der Waals surface area contributed by atoms with Crippen molar-refractivity contribution in [3.05, 3.63) is 28.8 Å². The number of halogens is 1. The number of benzene rings is 1. The fourth-order valence-corrected chi connectivity index (χ4v) is 3.10. The van der Waals surface area contributed by atoms with Crippen molar-refractivity contribution >= 4 is 17.3 Å². The first-order chi connectivity index (χ1) is 9.11. The van der Waals surface area contributed by atoms with E-state index in [-0.39, 0.29) is 6.04 Å². The topological polar surface area (TPSA) is 38.5 Å². The van der Waals surface area contributed by atoms with Gasteiger partial charge in [0.1, 0.15) is 0 Å². The SMILES string of the molecule is COCC1CCCN(c2ccc(C(C)N)c(Cl)c2)C1. The smallest absolute Gasteiger partial charge is 0.0507 e. The van der Waals surface area contributed by atoms with Crippen LogP contribution < -0.4 is 10.6 Å². The highest BCUT2D eigenvalue weighted by atomic mass is 35.5. The molecular weight excluding hydrogens is 260 g/mol. The van der Waals surface area contributed by atoms with Crippen molar-refractivity contribution in [2.24, 2.45) is 11.7 Å². The van der Waals surface area contributed by atoms with Crippen LogP contribution in [0.2, 0.25) is 5.02 Å². The summed E-state index contributed by atoms with van der Waals surface area (Å²) in [5.41, 5.74) is 8.09. The van der Waals surface area contributed by atoms with E-state index in [9.17, 15) is 0 Å². The van der Waals surface area contributed by atoms with Crippen LogP contribution in [0.5, 0.6) is 0 Å². The minimum atomic E-state index is -0.0239. The van der Waals surface area contributed by atoms with Gasteiger partial charge in [0.15, 0.2) is 0 Å². The highest BCUT2D eigenvalue weighted by Gasteiger charge is 2.20. The van der Waals surface area contributed by atoms with Gasteiger partial charge in [0.2, 0.25) is 0 Å². The summed E-state index contributed by atoms with van der Waals surface area (Å²) in [4.78, 5) is 2.39. The number of methoxy groups -OCH3 is 1. The van der Waals surface area contributed by atoms with Crippen LogP contribution in [0.25, 0.3) is 0 Å². The second-order valence-corrected chi connectivity index (χ2v) is 5.81. The van der Waals surface area contributed by atoms with Crippen molar-refractivity contribution in [1.82, 2.24) is 0 Å². The molecule has 0 amide bonds. The number of rotatable bonds is 4. The third-order valence-corrected chi connectivity index (χ3v) is 4.09. The minimum absolute atomic E-state index is 0.0239. The first-order valence-electron chi connectivity index (χ1n) is 6.90. The first-order valence-corrected chi connectivity index (χ1v) is 7.28. The van der Waals surface area contributed by atoms with Crippen LogP contribution in [0.3, 0.4) is 0 Å². The van der Waals surface area contributed by atoms with Gasteiger partial charge in [-0.1, -0.05) is 17.7 Å². The first kappa shape index (κ1) is 14.6. The third kappa shape index (κ3) is 3.62. The third-order valence-electron chi connectivity index (χ3n) is 3.76. The van der Waals surface area contributed by atoms with E-state index in [2.05, 4.69) is 11.0 Å². The Morgan fingerprint density at radius 2 is 2.32 bits per heavy atom. The molecular formula is C15H23ClN2O. The molecule has 2 unspecified atom stereocenters. The largest absolute Gasteiger partial charge is 0.384 e. The summed E-state index contributed by atoms with van der Waals surface area (Å²) in [5.74, 6) is 0.616. The van der Waals surface area contributed by atoms with Gasteiger partial charge in [-0.25, -0.2) is 0 Å². The van der Waals surface area contributed by atoms with E-state index < -0.39 is 0 Å². The predicted octanol–water partition coefficient (Wildman–Crippen LogP) is 3.22. The van der Waals surface area contributed by atoms with Crippen LogP contribution in [0, 0.1) is 5.92 Å². The average Bonchev–Trinajstić information content (AvgIpc) is 2.39. The van der Waals surface area contributed by atoms with E-state index >= 15 is 0 Å². The van der Waals surface area contributed by atoms with Gasteiger partial charge in [-0.3, -0.25) is 0 Å². The standard InChI is InChI=1S/C15H23ClN2O/c1-11(17)14-6-5-13(8-15(14)16)18-7-3-4-12(9-18)10-19-2/h5-6,8,11-12H,3-4,7,9-10,17H2,1-2H3. The lowest BCUT2D eigenvalue weighted by Crippen LogP contribution is -2.37. The molecule has 1 heterocycles. The number of piperidine rings is 1. The van der Waals surface area contributed by atoms with Crippen LogP contribution in [0.1, 0.15) is 31.4 Å². The molecule has 2 atom stereocenters. The number of nitrogens with zero attached hydrogens (tertiary/aromatic N) is 1. The number of anilines is 1. The van der Waals surface area contributed by atoms with Crippen molar-refractivity contribution in [1.29, 1.82) is 0 Å². The minimum Gasteiger partial charge on any atom is -0.384 e. The normalized spacial score (nSPS) is 21.5. The van der Waals surface area contributed by atoms with Crippen LogP contribution in [-0.2, 0) is 4.74 Å². The molecule has 0 saturated carbocycles. The molecule has 4 heteroatoms. The van der Waals surface area contributed by atoms with Gasteiger partial charge < -0.3 is 15.4 Å². The molecule has 1 aromatic carbocycles. The molecule has 1 aliphatic rings. The lowest BCUT2D eigenvalue weighted by Gasteiger charge is -2.34. The summed E-state index contributed by atoms with van der Waals surface area (Å²) >= 11 is 6.31. The van der Waals surface area contributed by atoms with E-state index in [1.54, 1.807) is 7.11 Å². The number of nitrogens with two attached hydrogens (primary N) is 1. The highest BCUT2D eigenvalue weighted by molar-refractivity contribution is 6.31. The van der Waals surface area contributed by atoms with Crippen molar-refractivity contribution in [3.63, 3.8) is 0 Å². The van der Waals surface area contributed by atoms with Crippen LogP contribution in [-0.4, -0.2) is 26.8 Å². The van der Waals surface area contributed by atoms with Gasteiger partial charge in [-0.2, -0.15) is 0 Å². The number of ether oxygens (including phenoxy) is 1. The van der Waals surface area contributed by atoms with Crippen molar-refractivity contribution in [3.8, 4) is 0 Å². The lowest BCUT2D eigenvalue weighted by atomic mass is 9.98. The van der Waals surface area contributed by atoms with Gasteiger partial charge >= 0.3 is 0 Å². The Balaban J connectivity index is 2.11. The summed E-state index contributed by atoms with van der Waals surface area (Å²) in [7, 11) is 1.77. The van der Waals surface area contributed by atoms with Crippen molar-refractivity contribution in [2.75, 3.05) is 31.7 Å². The highest BCUT2D eigenvalue weighted by Crippen LogP contribution is 2.29. The fourth-order valence-electron chi connectivity index (χ4n) is 2.75. The molecule has 0 spiro atoms. The second-order valence-electron chi connectivity index (χ2n) is 5.40. The van der Waals surface area contributed by atoms with E-state index in [1.165, 1.54) is 18.5 Å². The lowest BCUT2D eigenvalue weighted by molar-refractivity contribution is 0.143. The van der Waals surface area contributed by atoms with Gasteiger partial charge in [0, 0.05) is 37.0 Å². The van der Waals surface area contributed by atoms with Gasteiger partial charge in [-0.05, 0) is 43.4 Å². The molecule has 0 aliphatic carbocycles. The molecule has 0 bridgehead atoms. The molecule has 0 radical (unpaired) electrons. The summed E-state index contributed by atoms with van der Waals surface area (Å²) in [6.45, 7) is 4.92. The maximum atomic E-state index is 6.31. The van der Waals surface area contributed by atoms with Crippen LogP contribution >= 0.6 is 11.6 Å². The number of hydrogen-bond acceptors (Lipinski definition) is 3. The molecule has 106 valence electrons. The predicted molar refractivity (Wildman–Crippen MR) is 80.9 cm³/mol. The molecule has 2 N–H and O–H groups in total. The monoisotopic (exact) mass is 282 g/mol. The summed E-state index contributed by atoms with van der Waals surface area (Å²) in [6, 6.07) is 6.18. The Morgan fingerprint density at radius 3 is 2.95 bits per heavy atom. The van der Waals surface area contributed by atoms with E-state index in [4.69, 9.17) is 22.1 Å². The maximum absolute atomic E-state index is 6.31. The van der Waals surface area contributed by atoms with E-state index in [1.807, 2.05) is 19.1 Å². The molecule has 0 aromatic heterocycles. The summed E-state index contributed by atoms with van der Waals surface area (Å²) in [5, 5.41) is 0.765. The van der Waals surface area contributed by atoms with Crippen LogP contribution in [0.4, 0.5) is 5.69 Å². The number of hydrogen-bond donors (Lipinski definition) is 1. The zero-order chi connectivity index (χ0) is 13.8. The molecule has 1 fully saturated rings. The Labute approximate surface area is 120 Å². The fraction of sp³-hybridized carbons (Fsp3) is 0.600. The summed E-state index contributed by atoms with van der Waals surface area (Å²) in [6.07, 6.45) is 2.46. The van der Waals surface area contributed by atoms with Gasteiger partial charge in [-0.15, -0.1) is 0 Å². The molecule has 1 aromatic rings. The Bertz CT molecular complexity index is 421. The second kappa shape index (κ2) is 6.60. The Kier molecular flexibility index (Phi) is 5.08. The van der Waals surface area contributed by atoms with E-state index in [0.717, 1.165) is 30.3 Å². The zero-order valence-corrected chi connectivity index (χ0v) is 12.5. The van der Waals surface area contributed by atoms with E-state index in [0.29, 0.717) is 5.92 Å². The quantitative estimate of drug-likeness (QED) is 0.921. The molecule has 1 saturated heterocycles. The van der Waals surface area contributed by atoms with Gasteiger partial charge in [0.05, 0.1) is 6.61 Å². The molecule has 19 heavy (non-hydrogen) atoms. The summed E-state index contributed by atoms with van der Waals surface area (Å²) < 4.78 is 5.27. The zero-order valence-electron chi connectivity index (χ0n) is 11.7. The van der Waals surface area contributed by atoms with Crippen molar-refractivity contribution in [2.45, 2.75) is 25.8 Å². The molecule has 2 rings (SSSR count). The molecule has 3 nitrogen and oxygen atoms in total. The molecule has 1 aliphatic heterocycles.